The van der Waals surface area contributed by atoms with Crippen molar-refractivity contribution in [3.05, 3.63) is 74.2 Å². The second-order valence-corrected chi connectivity index (χ2v) is 8.63. The fourth-order valence-corrected chi connectivity index (χ4v) is 4.75. The zero-order chi connectivity index (χ0) is 24.7. The molecule has 4 rings (SSSR count). The molecule has 8 nitrogen and oxygen atoms in total. The van der Waals surface area contributed by atoms with Crippen LogP contribution in [-0.2, 0) is 11.3 Å². The number of amides is 2. The minimum absolute atomic E-state index is 0.0453. The number of rotatable bonds is 5. The highest BCUT2D eigenvalue weighted by atomic mass is 35.5. The first-order valence-corrected chi connectivity index (χ1v) is 10.9. The van der Waals surface area contributed by atoms with Crippen LogP contribution in [0.2, 0.25) is 5.02 Å². The van der Waals surface area contributed by atoms with E-state index in [1.54, 1.807) is 4.90 Å². The molecular formula is C23H22ClF2N3O5. The zero-order valence-electron chi connectivity index (χ0n) is 18.3. The van der Waals surface area contributed by atoms with Crippen LogP contribution in [-0.4, -0.2) is 52.7 Å². The number of hydrogen-bond donors (Lipinski definition) is 2. The van der Waals surface area contributed by atoms with Gasteiger partial charge in [-0.25, -0.2) is 8.78 Å². The molecule has 0 aliphatic carbocycles. The van der Waals surface area contributed by atoms with E-state index in [2.05, 4.69) is 5.32 Å². The number of methoxy groups -OCH3 is 1. The van der Waals surface area contributed by atoms with Gasteiger partial charge in [0.1, 0.15) is 22.2 Å². The van der Waals surface area contributed by atoms with Gasteiger partial charge in [-0.3, -0.25) is 14.4 Å². The predicted octanol–water partition coefficient (Wildman–Crippen LogP) is 2.63. The van der Waals surface area contributed by atoms with E-state index < -0.39 is 51.3 Å². The van der Waals surface area contributed by atoms with Gasteiger partial charge in [-0.1, -0.05) is 36.7 Å². The summed E-state index contributed by atoms with van der Waals surface area (Å²) in [7, 11) is 1.49. The molecule has 2 aliphatic heterocycles. The van der Waals surface area contributed by atoms with Gasteiger partial charge in [-0.05, 0) is 12.0 Å². The number of ether oxygens (including phenoxy) is 1. The summed E-state index contributed by atoms with van der Waals surface area (Å²) in [6, 6.07) is 1.27. The molecule has 0 bridgehead atoms. The van der Waals surface area contributed by atoms with Crippen molar-refractivity contribution in [2.24, 2.45) is 5.92 Å². The largest absolute Gasteiger partial charge is 0.503 e. The van der Waals surface area contributed by atoms with E-state index in [9.17, 15) is 28.3 Å². The summed E-state index contributed by atoms with van der Waals surface area (Å²) in [6.07, 6.45) is 5.03. The summed E-state index contributed by atoms with van der Waals surface area (Å²) in [5.41, 5.74) is -1.78. The molecule has 2 aromatic rings. The molecule has 11 heteroatoms. The number of halogens is 3. The minimum atomic E-state index is -1.04. The number of nitrogens with one attached hydrogen (secondary N) is 1. The highest BCUT2D eigenvalue weighted by molar-refractivity contribution is 6.30. The lowest BCUT2D eigenvalue weighted by Gasteiger charge is -2.46. The lowest BCUT2D eigenvalue weighted by atomic mass is 9.87. The summed E-state index contributed by atoms with van der Waals surface area (Å²) in [4.78, 5) is 40.4. The number of aromatic hydroxyl groups is 1. The normalized spacial score (nSPS) is 21.3. The molecule has 0 saturated heterocycles. The van der Waals surface area contributed by atoms with Gasteiger partial charge in [0.15, 0.2) is 11.4 Å². The Morgan fingerprint density at radius 1 is 1.32 bits per heavy atom. The second-order valence-electron chi connectivity index (χ2n) is 8.25. The Balaban J connectivity index is 1.72. The standard InChI is InChI=1S/C23H22ClF2N3O5/c1-11-4-3-7-28-18(11)15(10-34-2)29-9-13(20(30)21(31)19(29)23(28)33)22(32)27-8-12-5-6-14(25)16(24)17(12)26/h3-6,9,11,15,18,31H,7-8,10H2,1-2H3,(H,27,32)/t11-,15+,18?/m1/s1. The van der Waals surface area contributed by atoms with Crippen LogP contribution in [0, 0.1) is 17.6 Å². The first kappa shape index (κ1) is 23.9. The highest BCUT2D eigenvalue weighted by Gasteiger charge is 2.44. The van der Waals surface area contributed by atoms with Crippen molar-refractivity contribution in [3.8, 4) is 5.75 Å². The molecule has 0 spiro atoms. The van der Waals surface area contributed by atoms with Crippen molar-refractivity contribution in [2.45, 2.75) is 25.6 Å². The summed E-state index contributed by atoms with van der Waals surface area (Å²) < 4.78 is 34.3. The van der Waals surface area contributed by atoms with Crippen LogP contribution in [0.15, 0.2) is 35.3 Å². The molecule has 2 aliphatic rings. The number of fused-ring (bicyclic) bond motifs is 2. The molecule has 34 heavy (non-hydrogen) atoms. The molecule has 0 radical (unpaired) electrons. The summed E-state index contributed by atoms with van der Waals surface area (Å²) in [6.45, 7) is 2.02. The van der Waals surface area contributed by atoms with E-state index in [-0.39, 0.29) is 36.4 Å². The number of pyridine rings is 1. The van der Waals surface area contributed by atoms with Crippen LogP contribution >= 0.6 is 11.6 Å². The Bertz CT molecular complexity index is 1260. The maximum atomic E-state index is 14.2. The van der Waals surface area contributed by atoms with E-state index in [1.807, 2.05) is 19.1 Å². The van der Waals surface area contributed by atoms with Crippen molar-refractivity contribution < 1.29 is 28.2 Å². The Hall–Kier alpha value is -3.24. The van der Waals surface area contributed by atoms with Gasteiger partial charge < -0.3 is 24.6 Å². The molecule has 1 aromatic carbocycles. The van der Waals surface area contributed by atoms with Gasteiger partial charge in [0.25, 0.3) is 11.8 Å². The molecule has 2 N–H and O–H groups in total. The quantitative estimate of drug-likeness (QED) is 0.492. The minimum Gasteiger partial charge on any atom is -0.503 e. The van der Waals surface area contributed by atoms with E-state index in [0.717, 1.165) is 12.1 Å². The van der Waals surface area contributed by atoms with Crippen LogP contribution in [0.4, 0.5) is 8.78 Å². The average Bonchev–Trinajstić information content (AvgIpc) is 2.81. The number of aromatic nitrogens is 1. The maximum Gasteiger partial charge on any atom is 0.275 e. The molecule has 1 unspecified atom stereocenters. The van der Waals surface area contributed by atoms with Crippen LogP contribution in [0.1, 0.15) is 39.4 Å². The smallest absolute Gasteiger partial charge is 0.275 e. The predicted molar refractivity (Wildman–Crippen MR) is 119 cm³/mol. The Labute approximate surface area is 198 Å². The SMILES string of the molecule is COC[C@H]1C2[C@H](C)C=CCN2C(=O)c2c(O)c(=O)c(C(=O)NCc3ccc(F)c(Cl)c3F)cn21. The van der Waals surface area contributed by atoms with Gasteiger partial charge in [0.05, 0.1) is 18.7 Å². The molecule has 0 saturated carbocycles. The summed E-state index contributed by atoms with van der Waals surface area (Å²) in [5.74, 6) is -4.30. The van der Waals surface area contributed by atoms with Gasteiger partial charge in [-0.15, -0.1) is 0 Å². The highest BCUT2D eigenvalue weighted by Crippen LogP contribution is 2.36. The monoisotopic (exact) mass is 493 g/mol. The van der Waals surface area contributed by atoms with Crippen molar-refractivity contribution in [1.82, 2.24) is 14.8 Å². The van der Waals surface area contributed by atoms with Crippen LogP contribution in [0.25, 0.3) is 0 Å². The van der Waals surface area contributed by atoms with E-state index in [1.165, 1.54) is 17.9 Å². The molecule has 0 fully saturated rings. The first-order valence-electron chi connectivity index (χ1n) is 10.5. The molecule has 2 amide bonds. The van der Waals surface area contributed by atoms with Crippen molar-refractivity contribution in [3.63, 3.8) is 0 Å². The van der Waals surface area contributed by atoms with Crippen LogP contribution < -0.4 is 10.7 Å². The lowest BCUT2D eigenvalue weighted by Crippen LogP contribution is -2.56. The van der Waals surface area contributed by atoms with Crippen LogP contribution in [0.5, 0.6) is 5.75 Å². The zero-order valence-corrected chi connectivity index (χ0v) is 19.1. The van der Waals surface area contributed by atoms with E-state index >= 15 is 0 Å². The Kier molecular flexibility index (Phi) is 6.46. The van der Waals surface area contributed by atoms with Crippen molar-refractivity contribution in [2.75, 3.05) is 20.3 Å². The maximum absolute atomic E-state index is 14.2. The van der Waals surface area contributed by atoms with Gasteiger partial charge in [0.2, 0.25) is 5.43 Å². The Morgan fingerprint density at radius 2 is 2.06 bits per heavy atom. The topological polar surface area (TPSA) is 101 Å². The van der Waals surface area contributed by atoms with Crippen molar-refractivity contribution >= 4 is 23.4 Å². The lowest BCUT2D eigenvalue weighted by molar-refractivity contribution is 0.0284. The molecule has 3 atom stereocenters. The molecule has 180 valence electrons. The third-order valence-electron chi connectivity index (χ3n) is 6.20. The number of hydrogen-bond acceptors (Lipinski definition) is 5. The fraction of sp³-hybridized carbons (Fsp3) is 0.348. The average molecular weight is 494 g/mol. The fourth-order valence-electron chi connectivity index (χ4n) is 4.56. The number of nitrogens with zero attached hydrogens (tertiary/aromatic N) is 2. The Morgan fingerprint density at radius 3 is 2.76 bits per heavy atom. The van der Waals surface area contributed by atoms with E-state index in [0.29, 0.717) is 6.54 Å². The third kappa shape index (κ3) is 3.86. The van der Waals surface area contributed by atoms with Gasteiger partial charge in [-0.2, -0.15) is 0 Å². The van der Waals surface area contributed by atoms with E-state index in [4.69, 9.17) is 16.3 Å². The number of carbonyl (C=O) groups excluding carboxylic acids is 2. The van der Waals surface area contributed by atoms with Gasteiger partial charge in [0, 0.05) is 32.0 Å². The number of carbonyl (C=O) groups is 2. The molecule has 1 aromatic heterocycles. The summed E-state index contributed by atoms with van der Waals surface area (Å²) >= 11 is 5.57. The third-order valence-corrected chi connectivity index (χ3v) is 6.55. The second kappa shape index (κ2) is 9.19. The molecule has 3 heterocycles. The molecular weight excluding hydrogens is 472 g/mol. The van der Waals surface area contributed by atoms with Gasteiger partial charge >= 0.3 is 0 Å². The first-order chi connectivity index (χ1) is 16.2. The van der Waals surface area contributed by atoms with Crippen molar-refractivity contribution in [1.29, 1.82) is 0 Å². The summed E-state index contributed by atoms with van der Waals surface area (Å²) in [5, 5.41) is 12.3. The number of benzene rings is 1. The van der Waals surface area contributed by atoms with Crippen LogP contribution in [0.3, 0.4) is 0 Å².